The molecule has 1 aromatic heterocycles. The number of phenolic OH excluding ortho intramolecular Hbond substituents is 2. The first-order chi connectivity index (χ1) is 17.4. The van der Waals surface area contributed by atoms with Crippen molar-refractivity contribution in [2.24, 2.45) is 0 Å². The fourth-order valence-electron chi connectivity index (χ4n) is 4.34. The highest BCUT2D eigenvalue weighted by molar-refractivity contribution is 8.00. The molecule has 4 rings (SSSR count). The predicted octanol–water partition coefficient (Wildman–Crippen LogP) is 2.59. The fourth-order valence-corrected chi connectivity index (χ4v) is 5.84. The lowest BCUT2D eigenvalue weighted by Crippen LogP contribution is -2.52. The van der Waals surface area contributed by atoms with Crippen LogP contribution in [-0.4, -0.2) is 89.8 Å². The topological polar surface area (TPSA) is 148 Å². The minimum atomic E-state index is -0.517. The minimum Gasteiger partial charge on any atom is -0.504 e. The highest BCUT2D eigenvalue weighted by Gasteiger charge is 2.44. The van der Waals surface area contributed by atoms with Gasteiger partial charge in [0.2, 0.25) is 5.91 Å². The van der Waals surface area contributed by atoms with Crippen LogP contribution < -0.4 is 5.32 Å². The fraction of sp³-hybridized carbons (Fsp3) is 0.522. The Bertz CT molecular complexity index is 1130. The number of phenols is 2. The van der Waals surface area contributed by atoms with Crippen LogP contribution in [0.25, 0.3) is 5.70 Å². The van der Waals surface area contributed by atoms with Crippen LogP contribution in [0.1, 0.15) is 55.2 Å². The Morgan fingerprint density at radius 1 is 1.31 bits per heavy atom. The maximum absolute atomic E-state index is 12.6. The molecule has 1 fully saturated rings. The summed E-state index contributed by atoms with van der Waals surface area (Å²) >= 11 is 7.77. The lowest BCUT2D eigenvalue weighted by Gasteiger charge is -2.45. The molecule has 2 aromatic rings. The number of unbranched alkanes of at least 4 members (excludes halogenated alkanes) is 3. The Morgan fingerprint density at radius 3 is 2.86 bits per heavy atom. The van der Waals surface area contributed by atoms with Crippen LogP contribution in [0.2, 0.25) is 5.02 Å². The standard InChI is InChI=1S/C23H30ClN7O4S/c1-2-3-4-5-9-30(10-8-25-23(35)15-6-7-16(32)21(34)19(15)24)12-14-13-36-18-11-17(33)31(18)20(14)22-26-28-29-27-22/h6-7,18,32,34H,2-5,8-13H2,1H3,(H,25,35)(H,26,27,28,29)/t18-/m1/s1. The molecule has 13 heteroatoms. The number of benzene rings is 1. The molecule has 36 heavy (non-hydrogen) atoms. The summed E-state index contributed by atoms with van der Waals surface area (Å²) < 4.78 is 0. The smallest absolute Gasteiger partial charge is 0.252 e. The number of amides is 2. The maximum Gasteiger partial charge on any atom is 0.252 e. The molecule has 4 N–H and O–H groups in total. The van der Waals surface area contributed by atoms with Crippen molar-refractivity contribution in [2.45, 2.75) is 44.4 Å². The van der Waals surface area contributed by atoms with Crippen LogP contribution in [0.15, 0.2) is 17.7 Å². The SMILES string of the molecule is CCCCCCN(CCNC(=O)c1ccc(O)c(O)c1Cl)CC1=C(c2nnn[nH]2)N2C(=O)C[C@H]2SC1. The highest BCUT2D eigenvalue weighted by Crippen LogP contribution is 2.43. The number of fused-ring (bicyclic) bond motifs is 1. The number of H-pyrrole nitrogens is 1. The van der Waals surface area contributed by atoms with Gasteiger partial charge in [0.1, 0.15) is 0 Å². The molecule has 1 aromatic carbocycles. The summed E-state index contributed by atoms with van der Waals surface area (Å²) in [4.78, 5) is 29.1. The summed E-state index contributed by atoms with van der Waals surface area (Å²) in [5, 5.41) is 36.4. The lowest BCUT2D eigenvalue weighted by molar-refractivity contribution is -0.136. The molecule has 0 unspecified atom stereocenters. The number of nitrogens with one attached hydrogen (secondary N) is 2. The third kappa shape index (κ3) is 5.76. The van der Waals surface area contributed by atoms with Crippen molar-refractivity contribution in [3.63, 3.8) is 0 Å². The van der Waals surface area contributed by atoms with Crippen molar-refractivity contribution < 1.29 is 19.8 Å². The van der Waals surface area contributed by atoms with Crippen molar-refractivity contribution >= 4 is 40.9 Å². The Morgan fingerprint density at radius 2 is 2.14 bits per heavy atom. The second-order valence-corrected chi connectivity index (χ2v) is 10.4. The van der Waals surface area contributed by atoms with Gasteiger partial charge in [-0.15, -0.1) is 16.9 Å². The van der Waals surface area contributed by atoms with Gasteiger partial charge in [-0.2, -0.15) is 0 Å². The van der Waals surface area contributed by atoms with E-state index in [0.29, 0.717) is 31.9 Å². The number of hydrogen-bond donors (Lipinski definition) is 4. The van der Waals surface area contributed by atoms with E-state index in [9.17, 15) is 19.8 Å². The van der Waals surface area contributed by atoms with E-state index in [1.54, 1.807) is 16.7 Å². The number of tetrazole rings is 1. The van der Waals surface area contributed by atoms with E-state index in [0.717, 1.165) is 49.3 Å². The van der Waals surface area contributed by atoms with Gasteiger partial charge >= 0.3 is 0 Å². The zero-order valence-electron chi connectivity index (χ0n) is 20.0. The first kappa shape index (κ1) is 26.2. The van der Waals surface area contributed by atoms with Gasteiger partial charge in [0.15, 0.2) is 17.3 Å². The number of aromatic hydroxyl groups is 2. The summed E-state index contributed by atoms with van der Waals surface area (Å²) in [6, 6.07) is 2.60. The third-order valence-electron chi connectivity index (χ3n) is 6.30. The first-order valence-corrected chi connectivity index (χ1v) is 13.4. The zero-order chi connectivity index (χ0) is 25.7. The number of β-lactam (4-membered cyclic amide) rings is 1. The van der Waals surface area contributed by atoms with Crippen LogP contribution >= 0.6 is 23.4 Å². The number of carbonyl (C=O) groups is 2. The molecule has 0 radical (unpaired) electrons. The largest absolute Gasteiger partial charge is 0.504 e. The quantitative estimate of drug-likeness (QED) is 0.183. The number of aromatic nitrogens is 4. The van der Waals surface area contributed by atoms with Gasteiger partial charge in [-0.05, 0) is 41.1 Å². The van der Waals surface area contributed by atoms with Gasteiger partial charge in [0.25, 0.3) is 5.91 Å². The predicted molar refractivity (Wildman–Crippen MR) is 137 cm³/mol. The number of halogens is 1. The molecule has 1 saturated heterocycles. The summed E-state index contributed by atoms with van der Waals surface area (Å²) in [6.45, 7) is 4.55. The molecule has 2 aliphatic heterocycles. The zero-order valence-corrected chi connectivity index (χ0v) is 21.6. The lowest BCUT2D eigenvalue weighted by atomic mass is 10.1. The Labute approximate surface area is 218 Å². The molecular formula is C23H30ClN7O4S. The molecule has 2 amide bonds. The van der Waals surface area contributed by atoms with Crippen LogP contribution in [0.5, 0.6) is 11.5 Å². The van der Waals surface area contributed by atoms with E-state index < -0.39 is 11.7 Å². The van der Waals surface area contributed by atoms with Crippen LogP contribution in [0.3, 0.4) is 0 Å². The number of carbonyl (C=O) groups excluding carboxylic acids is 2. The average Bonchev–Trinajstić information content (AvgIpc) is 3.39. The second-order valence-electron chi connectivity index (χ2n) is 8.82. The molecular weight excluding hydrogens is 506 g/mol. The van der Waals surface area contributed by atoms with Gasteiger partial charge < -0.3 is 15.5 Å². The normalized spacial score (nSPS) is 17.4. The van der Waals surface area contributed by atoms with Crippen molar-refractivity contribution in [1.29, 1.82) is 0 Å². The van der Waals surface area contributed by atoms with Crippen LogP contribution in [0, 0.1) is 0 Å². The van der Waals surface area contributed by atoms with Crippen LogP contribution in [-0.2, 0) is 4.79 Å². The molecule has 2 aliphatic rings. The van der Waals surface area contributed by atoms with E-state index in [2.05, 4.69) is 37.8 Å². The Hall–Kier alpha value is -2.83. The van der Waals surface area contributed by atoms with Gasteiger partial charge in [-0.3, -0.25) is 19.4 Å². The van der Waals surface area contributed by atoms with Gasteiger partial charge in [-0.25, -0.2) is 5.10 Å². The molecule has 0 spiro atoms. The molecule has 0 bridgehead atoms. The number of aromatic amines is 1. The molecule has 0 saturated carbocycles. The maximum atomic E-state index is 12.6. The van der Waals surface area contributed by atoms with Crippen molar-refractivity contribution in [3.05, 3.63) is 34.1 Å². The molecule has 11 nitrogen and oxygen atoms in total. The van der Waals surface area contributed by atoms with Crippen molar-refractivity contribution in [3.8, 4) is 11.5 Å². The van der Waals surface area contributed by atoms with E-state index in [1.807, 2.05) is 0 Å². The molecule has 3 heterocycles. The molecule has 194 valence electrons. The second kappa shape index (κ2) is 11.9. The number of nitrogens with zero attached hydrogens (tertiary/aromatic N) is 5. The van der Waals surface area contributed by atoms with Crippen molar-refractivity contribution in [2.75, 3.05) is 31.9 Å². The van der Waals surface area contributed by atoms with E-state index in [4.69, 9.17) is 11.6 Å². The molecule has 1 atom stereocenters. The van der Waals surface area contributed by atoms with Gasteiger partial charge in [0, 0.05) is 25.4 Å². The van der Waals surface area contributed by atoms with E-state index in [1.165, 1.54) is 12.1 Å². The van der Waals surface area contributed by atoms with E-state index in [-0.39, 0.29) is 27.6 Å². The molecule has 0 aliphatic carbocycles. The Kier molecular flexibility index (Phi) is 8.70. The minimum absolute atomic E-state index is 0.0619. The number of hydrogen-bond acceptors (Lipinski definition) is 9. The highest BCUT2D eigenvalue weighted by atomic mass is 35.5. The first-order valence-electron chi connectivity index (χ1n) is 12.0. The summed E-state index contributed by atoms with van der Waals surface area (Å²) in [5.41, 5.74) is 1.92. The van der Waals surface area contributed by atoms with E-state index >= 15 is 0 Å². The monoisotopic (exact) mass is 535 g/mol. The van der Waals surface area contributed by atoms with Gasteiger partial charge in [0.05, 0.1) is 28.1 Å². The summed E-state index contributed by atoms with van der Waals surface area (Å²) in [7, 11) is 0. The summed E-state index contributed by atoms with van der Waals surface area (Å²) in [6.07, 6.45) is 4.95. The Balaban J connectivity index is 1.46. The third-order valence-corrected chi connectivity index (χ3v) is 7.96. The number of rotatable bonds is 12. The van der Waals surface area contributed by atoms with Crippen LogP contribution in [0.4, 0.5) is 0 Å². The van der Waals surface area contributed by atoms with Gasteiger partial charge in [-0.1, -0.05) is 37.8 Å². The number of thioether (sulfide) groups is 1. The van der Waals surface area contributed by atoms with Crippen molar-refractivity contribution in [1.82, 2.24) is 35.7 Å². The average molecular weight is 536 g/mol. The summed E-state index contributed by atoms with van der Waals surface area (Å²) in [5.74, 6) is -0.0107.